The van der Waals surface area contributed by atoms with Crippen LogP contribution in [0.1, 0.15) is 43.2 Å². The minimum Gasteiger partial charge on any atom is -0.377 e. The van der Waals surface area contributed by atoms with E-state index >= 15 is 0 Å². The molecule has 4 aromatic carbocycles. The van der Waals surface area contributed by atoms with Crippen molar-refractivity contribution in [2.45, 2.75) is 31.5 Å². The van der Waals surface area contributed by atoms with Gasteiger partial charge >= 0.3 is 16.3 Å². The third-order valence-electron chi connectivity index (χ3n) is 7.01. The number of fused-ring (bicyclic) bond motifs is 1. The van der Waals surface area contributed by atoms with Crippen molar-refractivity contribution in [3.8, 4) is 0 Å². The number of benzene rings is 4. The lowest BCUT2D eigenvalue weighted by Gasteiger charge is -2.23. The largest absolute Gasteiger partial charge is 0.417 e. The number of nitrogens with one attached hydrogen (secondary N) is 2. The number of imidazole rings is 1. The number of aromatic nitrogens is 2. The standard InChI is InChI=1S/C32H26ClF3N4O6S/c1-18-11-13-21(14-12-18)47(43,44)46-40(27-10-6-9-25(33)19(27)2)31(42)23-15-20(16-26-29(23)39-28(38-26)17-45-3)37-30(41)22-7-4-5-8-24(22)32(34,35)36/h4-16H,17H2,1-3H3,(H,37,41)(H,38,39). The molecule has 47 heavy (non-hydrogen) atoms. The summed E-state index contributed by atoms with van der Waals surface area (Å²) in [6.45, 7) is 3.30. The summed E-state index contributed by atoms with van der Waals surface area (Å²) in [6.07, 6.45) is -4.81. The molecule has 0 radical (unpaired) electrons. The fraction of sp³-hybridized carbons (Fsp3) is 0.156. The Balaban J connectivity index is 1.64. The van der Waals surface area contributed by atoms with Crippen LogP contribution in [-0.4, -0.2) is 37.3 Å². The van der Waals surface area contributed by atoms with Gasteiger partial charge in [-0.2, -0.15) is 26.7 Å². The van der Waals surface area contributed by atoms with E-state index in [0.29, 0.717) is 10.6 Å². The topological polar surface area (TPSA) is 131 Å². The van der Waals surface area contributed by atoms with Crippen LogP contribution in [0.2, 0.25) is 5.02 Å². The molecule has 2 N–H and O–H groups in total. The maximum Gasteiger partial charge on any atom is 0.417 e. The molecule has 0 aliphatic rings. The van der Waals surface area contributed by atoms with E-state index in [4.69, 9.17) is 20.6 Å². The highest BCUT2D eigenvalue weighted by Gasteiger charge is 2.35. The SMILES string of the molecule is COCc1nc2c(C(=O)N(OS(=O)(=O)c3ccc(C)cc3)c3cccc(Cl)c3C)cc(NC(=O)c3ccccc3C(F)(F)F)cc2[nH]1. The molecule has 5 rings (SSSR count). The first-order valence-electron chi connectivity index (χ1n) is 13.8. The Hall–Kier alpha value is -4.76. The van der Waals surface area contributed by atoms with Gasteiger partial charge in [-0.1, -0.05) is 47.5 Å². The third kappa shape index (κ3) is 7.15. The van der Waals surface area contributed by atoms with Crippen molar-refractivity contribution >= 4 is 55.9 Å². The molecule has 0 spiro atoms. The Morgan fingerprint density at radius 2 is 1.68 bits per heavy atom. The molecule has 0 saturated carbocycles. The predicted molar refractivity (Wildman–Crippen MR) is 169 cm³/mol. The minimum atomic E-state index is -4.81. The lowest BCUT2D eigenvalue weighted by Crippen LogP contribution is -2.34. The molecule has 10 nitrogen and oxygen atoms in total. The van der Waals surface area contributed by atoms with Gasteiger partial charge in [-0.3, -0.25) is 9.59 Å². The number of hydrogen-bond acceptors (Lipinski definition) is 7. The lowest BCUT2D eigenvalue weighted by atomic mass is 10.1. The first-order valence-corrected chi connectivity index (χ1v) is 15.6. The zero-order valence-corrected chi connectivity index (χ0v) is 26.5. The number of hydroxylamine groups is 1. The van der Waals surface area contributed by atoms with Crippen LogP contribution in [0.25, 0.3) is 11.0 Å². The smallest absolute Gasteiger partial charge is 0.377 e. The second kappa shape index (κ2) is 13.2. The van der Waals surface area contributed by atoms with Crippen LogP contribution in [0.4, 0.5) is 24.5 Å². The van der Waals surface area contributed by atoms with Crippen LogP contribution in [0.3, 0.4) is 0 Å². The number of anilines is 2. The first kappa shape index (κ1) is 33.6. The molecule has 244 valence electrons. The van der Waals surface area contributed by atoms with E-state index in [1.54, 1.807) is 26.0 Å². The molecule has 0 unspecified atom stereocenters. The van der Waals surface area contributed by atoms with Gasteiger partial charge in [0.1, 0.15) is 17.9 Å². The molecule has 2 amide bonds. The maximum absolute atomic E-state index is 14.4. The van der Waals surface area contributed by atoms with E-state index < -0.39 is 39.2 Å². The van der Waals surface area contributed by atoms with Gasteiger partial charge in [0.2, 0.25) is 0 Å². The number of aryl methyl sites for hydroxylation is 1. The van der Waals surface area contributed by atoms with Crippen LogP contribution >= 0.6 is 11.6 Å². The summed E-state index contributed by atoms with van der Waals surface area (Å²) in [5.74, 6) is -1.88. The third-order valence-corrected chi connectivity index (χ3v) is 8.61. The molecule has 0 fully saturated rings. The molecule has 0 bridgehead atoms. The number of methoxy groups -OCH3 is 1. The average Bonchev–Trinajstić information content (AvgIpc) is 3.43. The molecule has 1 aromatic heterocycles. The summed E-state index contributed by atoms with van der Waals surface area (Å²) in [5.41, 5.74) is -0.882. The lowest BCUT2D eigenvalue weighted by molar-refractivity contribution is -0.137. The second-order valence-electron chi connectivity index (χ2n) is 10.4. The van der Waals surface area contributed by atoms with Crippen LogP contribution in [0.15, 0.2) is 83.8 Å². The number of nitrogens with zero attached hydrogens (tertiary/aromatic N) is 2. The van der Waals surface area contributed by atoms with Gasteiger partial charge in [-0.05, 0) is 67.9 Å². The average molecular weight is 687 g/mol. The Bertz CT molecular complexity index is 2100. The van der Waals surface area contributed by atoms with Crippen molar-refractivity contribution in [1.82, 2.24) is 9.97 Å². The quantitative estimate of drug-likeness (QED) is 0.157. The van der Waals surface area contributed by atoms with E-state index in [1.807, 2.05) is 0 Å². The Morgan fingerprint density at radius 3 is 2.36 bits per heavy atom. The van der Waals surface area contributed by atoms with E-state index in [1.165, 1.54) is 49.6 Å². The number of ether oxygens (including phenoxy) is 1. The van der Waals surface area contributed by atoms with Gasteiger partial charge in [0.15, 0.2) is 0 Å². The number of aromatic amines is 1. The van der Waals surface area contributed by atoms with E-state index in [-0.39, 0.29) is 50.3 Å². The molecule has 15 heteroatoms. The van der Waals surface area contributed by atoms with Crippen molar-refractivity contribution in [1.29, 1.82) is 0 Å². The summed E-state index contributed by atoms with van der Waals surface area (Å²) in [6, 6.07) is 16.9. The summed E-state index contributed by atoms with van der Waals surface area (Å²) in [7, 11) is -3.20. The number of alkyl halides is 3. The van der Waals surface area contributed by atoms with Gasteiger partial charge in [-0.15, -0.1) is 4.28 Å². The maximum atomic E-state index is 14.4. The highest BCUT2D eigenvalue weighted by Crippen LogP contribution is 2.34. The Labute approximate surface area is 272 Å². The number of H-pyrrole nitrogens is 1. The number of hydrogen-bond donors (Lipinski definition) is 2. The Morgan fingerprint density at radius 1 is 0.979 bits per heavy atom. The fourth-order valence-electron chi connectivity index (χ4n) is 4.69. The first-order chi connectivity index (χ1) is 22.2. The van der Waals surface area contributed by atoms with Crippen molar-refractivity contribution in [3.63, 3.8) is 0 Å². The van der Waals surface area contributed by atoms with Crippen LogP contribution in [-0.2, 0) is 31.9 Å². The predicted octanol–water partition coefficient (Wildman–Crippen LogP) is 7.22. The molecule has 0 atom stereocenters. The number of carbonyl (C=O) groups excluding carboxylic acids is 2. The monoisotopic (exact) mass is 686 g/mol. The van der Waals surface area contributed by atoms with Crippen molar-refractivity contribution in [3.05, 3.63) is 118 Å². The van der Waals surface area contributed by atoms with Gasteiger partial charge in [0, 0.05) is 17.8 Å². The number of amides is 2. The summed E-state index contributed by atoms with van der Waals surface area (Å²) in [4.78, 5) is 34.6. The highest BCUT2D eigenvalue weighted by molar-refractivity contribution is 7.86. The van der Waals surface area contributed by atoms with Gasteiger partial charge in [0.05, 0.1) is 32.8 Å². The molecule has 0 saturated heterocycles. The molecular formula is C32H26ClF3N4O6S. The molecular weight excluding hydrogens is 661 g/mol. The van der Waals surface area contributed by atoms with Crippen molar-refractivity contribution in [2.24, 2.45) is 0 Å². The van der Waals surface area contributed by atoms with E-state index in [2.05, 4.69) is 15.3 Å². The van der Waals surface area contributed by atoms with Crippen molar-refractivity contribution in [2.75, 3.05) is 17.5 Å². The van der Waals surface area contributed by atoms with Crippen molar-refractivity contribution < 1.29 is 40.2 Å². The summed E-state index contributed by atoms with van der Waals surface area (Å²) in [5, 5.41) is 3.15. The summed E-state index contributed by atoms with van der Waals surface area (Å²) >= 11 is 6.33. The molecule has 0 aliphatic heterocycles. The van der Waals surface area contributed by atoms with Gasteiger partial charge < -0.3 is 15.0 Å². The number of halogens is 4. The number of rotatable bonds is 9. The zero-order valence-electron chi connectivity index (χ0n) is 25.0. The molecule has 1 heterocycles. The Kier molecular flexibility index (Phi) is 9.41. The highest BCUT2D eigenvalue weighted by atomic mass is 35.5. The zero-order chi connectivity index (χ0) is 34.1. The normalized spacial score (nSPS) is 11.9. The van der Waals surface area contributed by atoms with Gasteiger partial charge in [0.25, 0.3) is 11.8 Å². The van der Waals surface area contributed by atoms with E-state index in [0.717, 1.165) is 29.8 Å². The van der Waals surface area contributed by atoms with Crippen LogP contribution in [0.5, 0.6) is 0 Å². The molecule has 0 aliphatic carbocycles. The van der Waals surface area contributed by atoms with Crippen LogP contribution in [0, 0.1) is 13.8 Å². The fourth-order valence-corrected chi connectivity index (χ4v) is 5.76. The van der Waals surface area contributed by atoms with Gasteiger partial charge in [-0.25, -0.2) is 4.98 Å². The van der Waals surface area contributed by atoms with Crippen LogP contribution < -0.4 is 10.4 Å². The summed E-state index contributed by atoms with van der Waals surface area (Å²) < 4.78 is 78.5. The number of carbonyl (C=O) groups is 2. The van der Waals surface area contributed by atoms with E-state index in [9.17, 15) is 31.2 Å². The minimum absolute atomic E-state index is 0.0155. The second-order valence-corrected chi connectivity index (χ2v) is 12.3. The molecule has 5 aromatic rings.